The smallest absolute Gasteiger partial charge is 0.318 e. The number of carbonyl (C=O) groups is 1. The highest BCUT2D eigenvalue weighted by Gasteiger charge is 2.35. The molecule has 9 nitrogen and oxygen atoms in total. The number of benzene rings is 2. The number of carbonyl (C=O) groups excluding carboxylic acids is 1. The predicted molar refractivity (Wildman–Crippen MR) is 180 cm³/mol. The van der Waals surface area contributed by atoms with E-state index in [0.29, 0.717) is 50.9 Å². The molecule has 1 saturated heterocycles. The maximum absolute atomic E-state index is 12.6. The molecule has 1 aromatic heterocycles. The third-order valence-electron chi connectivity index (χ3n) is 9.78. The Kier molecular flexibility index (Phi) is 9.22. The van der Waals surface area contributed by atoms with Gasteiger partial charge in [-0.05, 0) is 63.1 Å². The van der Waals surface area contributed by atoms with Crippen LogP contribution >= 0.6 is 0 Å². The molecular formula is C36H45N7O2. The summed E-state index contributed by atoms with van der Waals surface area (Å²) in [6, 6.07) is 14.3. The van der Waals surface area contributed by atoms with Crippen LogP contribution < -0.4 is 14.5 Å². The summed E-state index contributed by atoms with van der Waals surface area (Å²) in [4.78, 5) is 35.3. The van der Waals surface area contributed by atoms with Gasteiger partial charge in [0.2, 0.25) is 12.5 Å². The fourth-order valence-electron chi connectivity index (χ4n) is 7.23. The molecule has 9 heteroatoms. The van der Waals surface area contributed by atoms with Crippen molar-refractivity contribution in [1.29, 1.82) is 0 Å². The topological polar surface area (TPSA) is 69.4 Å². The average molecular weight is 608 g/mol. The van der Waals surface area contributed by atoms with E-state index in [1.807, 2.05) is 0 Å². The number of rotatable bonds is 10. The van der Waals surface area contributed by atoms with Crippen molar-refractivity contribution in [3.05, 3.63) is 77.3 Å². The van der Waals surface area contributed by atoms with Crippen molar-refractivity contribution < 1.29 is 9.53 Å². The van der Waals surface area contributed by atoms with Crippen LogP contribution in [0.3, 0.4) is 0 Å². The number of aryl methyl sites for hydroxylation is 1. The minimum Gasteiger partial charge on any atom is -0.462 e. The molecule has 0 spiro atoms. The fraction of sp³-hybridized carbons (Fsp3) is 0.500. The highest BCUT2D eigenvalue weighted by atomic mass is 16.5. The van der Waals surface area contributed by atoms with Crippen LogP contribution in [0.15, 0.2) is 49.1 Å². The van der Waals surface area contributed by atoms with Gasteiger partial charge in [-0.25, -0.2) is 6.57 Å². The van der Waals surface area contributed by atoms with Crippen molar-refractivity contribution in [3.8, 4) is 6.01 Å². The first-order valence-electron chi connectivity index (χ1n) is 16.4. The maximum Gasteiger partial charge on any atom is 0.318 e. The van der Waals surface area contributed by atoms with Crippen LogP contribution in [0.4, 0.5) is 11.5 Å². The summed E-state index contributed by atoms with van der Waals surface area (Å²) < 4.78 is 6.35. The Balaban J connectivity index is 1.31. The molecule has 2 fully saturated rings. The number of fused-ring (bicyclic) bond motifs is 2. The van der Waals surface area contributed by atoms with Crippen LogP contribution in [0.2, 0.25) is 0 Å². The first-order valence-corrected chi connectivity index (χ1v) is 16.4. The molecule has 1 amide bonds. The van der Waals surface area contributed by atoms with Crippen molar-refractivity contribution in [2.24, 2.45) is 0 Å². The summed E-state index contributed by atoms with van der Waals surface area (Å²) in [6.07, 6.45) is 5.97. The lowest BCUT2D eigenvalue weighted by Gasteiger charge is -2.41. The van der Waals surface area contributed by atoms with E-state index in [1.165, 1.54) is 47.4 Å². The number of hydrogen-bond donors (Lipinski definition) is 0. The van der Waals surface area contributed by atoms with E-state index in [1.54, 1.807) is 4.90 Å². The van der Waals surface area contributed by atoms with E-state index in [4.69, 9.17) is 21.3 Å². The van der Waals surface area contributed by atoms with Gasteiger partial charge in [0.15, 0.2) is 0 Å². The summed E-state index contributed by atoms with van der Waals surface area (Å²) in [5, 5.41) is 2.52. The highest BCUT2D eigenvalue weighted by molar-refractivity contribution is 5.97. The maximum atomic E-state index is 12.6. The lowest BCUT2D eigenvalue weighted by Crippen LogP contribution is -2.56. The number of hydrogen-bond acceptors (Lipinski definition) is 7. The first-order chi connectivity index (χ1) is 21.9. The number of piperazine rings is 1. The Morgan fingerprint density at radius 2 is 1.96 bits per heavy atom. The molecule has 6 rings (SSSR count). The number of ether oxygens (including phenoxy) is 1. The van der Waals surface area contributed by atoms with Gasteiger partial charge in [-0.1, -0.05) is 43.3 Å². The Bertz CT molecular complexity index is 1590. The summed E-state index contributed by atoms with van der Waals surface area (Å²) in [7, 11) is 0. The van der Waals surface area contributed by atoms with Gasteiger partial charge < -0.3 is 24.3 Å². The SMILES string of the molecule is [C-]#[N+]C[C@H]1CN(c2nc(OCCN(C(C)C)C3CCC3)nc3c2CCN(c2cccc4cccc(C)c24)C3)CCN1C(=O)C=C. The second kappa shape index (κ2) is 13.5. The van der Waals surface area contributed by atoms with Gasteiger partial charge >= 0.3 is 6.01 Å². The van der Waals surface area contributed by atoms with Crippen LogP contribution in [-0.4, -0.2) is 89.7 Å². The minimum atomic E-state index is -0.224. The lowest BCUT2D eigenvalue weighted by atomic mass is 9.90. The molecule has 3 aromatic rings. The predicted octanol–water partition coefficient (Wildman–Crippen LogP) is 5.27. The third-order valence-corrected chi connectivity index (χ3v) is 9.78. The molecule has 0 unspecified atom stereocenters. The van der Waals surface area contributed by atoms with Gasteiger partial charge in [0.05, 0.1) is 12.2 Å². The Labute approximate surface area is 267 Å². The van der Waals surface area contributed by atoms with Crippen molar-refractivity contribution in [2.75, 3.05) is 55.7 Å². The molecule has 0 bridgehead atoms. The minimum absolute atomic E-state index is 0.126. The molecule has 3 aliphatic rings. The van der Waals surface area contributed by atoms with Crippen LogP contribution in [0.5, 0.6) is 6.01 Å². The first kappa shape index (κ1) is 30.8. The molecule has 1 saturated carbocycles. The molecule has 1 aliphatic carbocycles. The van der Waals surface area contributed by atoms with E-state index < -0.39 is 0 Å². The molecule has 2 aromatic carbocycles. The van der Waals surface area contributed by atoms with Gasteiger partial charge in [-0.2, -0.15) is 9.97 Å². The standard InChI is InChI=1S/C36H45N7O2/c1-6-33(44)43-19-18-41(23-29(43)22-37-5)35-30-16-17-40(32-15-8-12-27-11-7-10-26(4)34(27)32)24-31(30)38-36(39-35)45-21-20-42(25(2)3)28-13-9-14-28/h6-8,10-12,15,25,28-29H,1,9,13-14,16-24H2,2-4H3/t29-/m0/s1. The quantitative estimate of drug-likeness (QED) is 0.230. The zero-order valence-corrected chi connectivity index (χ0v) is 26.9. The Hall–Kier alpha value is -4.16. The molecule has 3 heterocycles. The second-order valence-electron chi connectivity index (χ2n) is 12.8. The molecule has 2 aliphatic heterocycles. The Morgan fingerprint density at radius 1 is 1.16 bits per heavy atom. The number of anilines is 2. The molecular weight excluding hydrogens is 562 g/mol. The fourth-order valence-corrected chi connectivity index (χ4v) is 7.23. The molecule has 0 N–H and O–H groups in total. The molecule has 1 atom stereocenters. The van der Waals surface area contributed by atoms with Crippen LogP contribution in [0.25, 0.3) is 15.6 Å². The van der Waals surface area contributed by atoms with Crippen molar-refractivity contribution in [1.82, 2.24) is 19.8 Å². The lowest BCUT2D eigenvalue weighted by molar-refractivity contribution is -0.128. The van der Waals surface area contributed by atoms with Crippen molar-refractivity contribution >= 4 is 28.2 Å². The van der Waals surface area contributed by atoms with Gasteiger partial charge in [0, 0.05) is 61.4 Å². The summed E-state index contributed by atoms with van der Waals surface area (Å²) in [5.74, 6) is 0.753. The average Bonchev–Trinajstić information content (AvgIpc) is 3.02. The van der Waals surface area contributed by atoms with Gasteiger partial charge in [-0.15, -0.1) is 0 Å². The van der Waals surface area contributed by atoms with E-state index >= 15 is 0 Å². The van der Waals surface area contributed by atoms with Crippen molar-refractivity contribution in [2.45, 2.75) is 71.1 Å². The van der Waals surface area contributed by atoms with E-state index in [2.05, 4.69) is 83.3 Å². The zero-order chi connectivity index (χ0) is 31.5. The summed E-state index contributed by atoms with van der Waals surface area (Å²) in [5.41, 5.74) is 4.61. The second-order valence-corrected chi connectivity index (χ2v) is 12.8. The molecule has 45 heavy (non-hydrogen) atoms. The molecule has 0 radical (unpaired) electrons. The summed E-state index contributed by atoms with van der Waals surface area (Å²) >= 11 is 0. The highest BCUT2D eigenvalue weighted by Crippen LogP contribution is 2.36. The molecule has 236 valence electrons. The largest absolute Gasteiger partial charge is 0.462 e. The number of nitrogens with zero attached hydrogens (tertiary/aromatic N) is 7. The van der Waals surface area contributed by atoms with Gasteiger partial charge in [0.25, 0.3) is 0 Å². The normalized spacial score (nSPS) is 18.6. The van der Waals surface area contributed by atoms with Crippen LogP contribution in [-0.2, 0) is 17.8 Å². The number of aromatic nitrogens is 2. The third kappa shape index (κ3) is 6.34. The van der Waals surface area contributed by atoms with Crippen LogP contribution in [0, 0.1) is 13.5 Å². The van der Waals surface area contributed by atoms with E-state index in [-0.39, 0.29) is 18.5 Å². The Morgan fingerprint density at radius 3 is 2.67 bits per heavy atom. The van der Waals surface area contributed by atoms with Crippen molar-refractivity contribution in [3.63, 3.8) is 0 Å². The van der Waals surface area contributed by atoms with E-state index in [0.717, 1.165) is 36.6 Å². The number of amides is 1. The monoisotopic (exact) mass is 607 g/mol. The van der Waals surface area contributed by atoms with E-state index in [9.17, 15) is 4.79 Å². The van der Waals surface area contributed by atoms with Gasteiger partial charge in [-0.3, -0.25) is 9.69 Å². The van der Waals surface area contributed by atoms with Crippen LogP contribution in [0.1, 0.15) is 49.9 Å². The summed E-state index contributed by atoms with van der Waals surface area (Å²) in [6.45, 7) is 22.7. The zero-order valence-electron chi connectivity index (χ0n) is 26.9. The van der Waals surface area contributed by atoms with Gasteiger partial charge in [0.1, 0.15) is 18.5 Å².